The molecule has 142 valence electrons. The predicted molar refractivity (Wildman–Crippen MR) is 102 cm³/mol. The summed E-state index contributed by atoms with van der Waals surface area (Å²) in [6.45, 7) is 3.45. The topological polar surface area (TPSA) is 70.1 Å². The largest absolute Gasteiger partial charge is 0.483 e. The van der Waals surface area contributed by atoms with Crippen LogP contribution in [0.2, 0.25) is 5.02 Å². The summed E-state index contributed by atoms with van der Waals surface area (Å²) >= 11 is 5.91. The molecule has 0 radical (unpaired) electrons. The van der Waals surface area contributed by atoms with Gasteiger partial charge in [0.25, 0.3) is 5.91 Å². The van der Waals surface area contributed by atoms with Crippen molar-refractivity contribution in [1.29, 1.82) is 0 Å². The van der Waals surface area contributed by atoms with Crippen molar-refractivity contribution in [2.45, 2.75) is 6.54 Å². The summed E-state index contributed by atoms with van der Waals surface area (Å²) in [5, 5.41) is 9.88. The number of carboxylic acid groups (broad SMARTS) is 1. The maximum Gasteiger partial charge on any atom is 0.339 e. The number of amides is 1. The predicted octanol–water partition coefficient (Wildman–Crippen LogP) is 2.76. The van der Waals surface area contributed by atoms with Gasteiger partial charge in [0.2, 0.25) is 0 Å². The van der Waals surface area contributed by atoms with Gasteiger partial charge < -0.3 is 14.7 Å². The van der Waals surface area contributed by atoms with Crippen LogP contribution in [0, 0.1) is 0 Å². The third-order valence-electron chi connectivity index (χ3n) is 4.51. The second-order valence-corrected chi connectivity index (χ2v) is 6.81. The summed E-state index contributed by atoms with van der Waals surface area (Å²) in [6.07, 6.45) is 0. The maximum absolute atomic E-state index is 12.4. The average molecular weight is 389 g/mol. The fraction of sp³-hybridized carbons (Fsp3) is 0.300. The molecule has 2 aromatic carbocycles. The zero-order chi connectivity index (χ0) is 19.2. The molecule has 0 aliphatic carbocycles. The molecule has 1 aliphatic rings. The van der Waals surface area contributed by atoms with E-state index in [-0.39, 0.29) is 23.8 Å². The van der Waals surface area contributed by atoms with E-state index in [4.69, 9.17) is 21.4 Å². The Balaban J connectivity index is 1.47. The van der Waals surface area contributed by atoms with Crippen LogP contribution in [-0.4, -0.2) is 59.6 Å². The van der Waals surface area contributed by atoms with Crippen LogP contribution in [0.15, 0.2) is 48.5 Å². The molecule has 1 saturated heterocycles. The summed E-state index contributed by atoms with van der Waals surface area (Å²) in [5.41, 5.74) is 1.24. The van der Waals surface area contributed by atoms with Crippen LogP contribution in [0.25, 0.3) is 0 Å². The van der Waals surface area contributed by atoms with E-state index in [9.17, 15) is 9.59 Å². The van der Waals surface area contributed by atoms with Gasteiger partial charge in [0.05, 0.1) is 0 Å². The van der Waals surface area contributed by atoms with Crippen molar-refractivity contribution in [3.8, 4) is 5.75 Å². The van der Waals surface area contributed by atoms with Crippen LogP contribution >= 0.6 is 11.6 Å². The van der Waals surface area contributed by atoms with E-state index in [1.54, 1.807) is 23.1 Å². The first-order chi connectivity index (χ1) is 13.0. The summed E-state index contributed by atoms with van der Waals surface area (Å²) in [6, 6.07) is 14.1. The smallest absolute Gasteiger partial charge is 0.339 e. The van der Waals surface area contributed by atoms with Crippen LogP contribution in [0.3, 0.4) is 0 Å². The van der Waals surface area contributed by atoms with Crippen molar-refractivity contribution in [3.63, 3.8) is 0 Å². The van der Waals surface area contributed by atoms with E-state index in [1.165, 1.54) is 11.6 Å². The SMILES string of the molecule is O=C(O)c1ccccc1OCC(=O)N1CCN(Cc2ccc(Cl)cc2)CC1. The Kier molecular flexibility index (Phi) is 6.32. The van der Waals surface area contributed by atoms with Crippen LogP contribution in [0.1, 0.15) is 15.9 Å². The molecule has 7 heteroatoms. The fourth-order valence-corrected chi connectivity index (χ4v) is 3.13. The molecule has 0 atom stereocenters. The van der Waals surface area contributed by atoms with Gasteiger partial charge >= 0.3 is 5.97 Å². The highest BCUT2D eigenvalue weighted by Gasteiger charge is 2.22. The minimum Gasteiger partial charge on any atom is -0.483 e. The highest BCUT2D eigenvalue weighted by molar-refractivity contribution is 6.30. The van der Waals surface area contributed by atoms with E-state index in [0.29, 0.717) is 13.1 Å². The Bertz CT molecular complexity index is 802. The lowest BCUT2D eigenvalue weighted by molar-refractivity contribution is -0.135. The van der Waals surface area contributed by atoms with Crippen molar-refractivity contribution in [2.75, 3.05) is 32.8 Å². The Morgan fingerprint density at radius 1 is 1.00 bits per heavy atom. The van der Waals surface area contributed by atoms with Gasteiger partial charge in [0, 0.05) is 37.7 Å². The minimum absolute atomic E-state index is 0.0538. The van der Waals surface area contributed by atoms with E-state index in [1.807, 2.05) is 24.3 Å². The molecule has 1 N–H and O–H groups in total. The number of ether oxygens (including phenoxy) is 1. The van der Waals surface area contributed by atoms with Crippen LogP contribution in [0.4, 0.5) is 0 Å². The zero-order valence-corrected chi connectivity index (χ0v) is 15.6. The Hall–Kier alpha value is -2.57. The molecule has 0 spiro atoms. The van der Waals surface area contributed by atoms with Gasteiger partial charge in [-0.15, -0.1) is 0 Å². The Labute approximate surface area is 162 Å². The van der Waals surface area contributed by atoms with Crippen molar-refractivity contribution >= 4 is 23.5 Å². The normalized spacial score (nSPS) is 14.8. The fourth-order valence-electron chi connectivity index (χ4n) is 3.00. The number of hydrogen-bond donors (Lipinski definition) is 1. The van der Waals surface area contributed by atoms with Gasteiger partial charge in [-0.1, -0.05) is 35.9 Å². The molecule has 2 aromatic rings. The number of benzene rings is 2. The molecule has 1 fully saturated rings. The van der Waals surface area contributed by atoms with Gasteiger partial charge in [-0.3, -0.25) is 9.69 Å². The molecule has 0 aromatic heterocycles. The third kappa shape index (κ3) is 5.21. The molecule has 6 nitrogen and oxygen atoms in total. The van der Waals surface area contributed by atoms with E-state index < -0.39 is 5.97 Å². The second-order valence-electron chi connectivity index (χ2n) is 6.37. The second kappa shape index (κ2) is 8.88. The minimum atomic E-state index is -1.08. The standard InChI is InChI=1S/C20H21ClN2O4/c21-16-7-5-15(6-8-16)13-22-9-11-23(12-10-22)19(24)14-27-18-4-2-1-3-17(18)20(25)26/h1-8H,9-14H2,(H,25,26). The number of halogens is 1. The van der Waals surface area contributed by atoms with Gasteiger partial charge in [0.15, 0.2) is 6.61 Å². The molecule has 0 bridgehead atoms. The molecule has 0 saturated carbocycles. The van der Waals surface area contributed by atoms with Crippen LogP contribution in [0.5, 0.6) is 5.75 Å². The molecule has 1 heterocycles. The first-order valence-corrected chi connectivity index (χ1v) is 9.10. The molecule has 0 unspecified atom stereocenters. The van der Waals surface area contributed by atoms with E-state index in [0.717, 1.165) is 24.7 Å². The Morgan fingerprint density at radius 2 is 1.67 bits per heavy atom. The maximum atomic E-state index is 12.4. The summed E-state index contributed by atoms with van der Waals surface area (Å²) in [7, 11) is 0. The van der Waals surface area contributed by atoms with Gasteiger partial charge in [0.1, 0.15) is 11.3 Å². The molecular weight excluding hydrogens is 368 g/mol. The molecule has 1 amide bonds. The van der Waals surface area contributed by atoms with Gasteiger partial charge in [-0.2, -0.15) is 0 Å². The quantitative estimate of drug-likeness (QED) is 0.824. The Morgan fingerprint density at radius 3 is 2.33 bits per heavy atom. The average Bonchev–Trinajstić information content (AvgIpc) is 2.68. The lowest BCUT2D eigenvalue weighted by atomic mass is 10.2. The van der Waals surface area contributed by atoms with Gasteiger partial charge in [-0.25, -0.2) is 4.79 Å². The molecule has 27 heavy (non-hydrogen) atoms. The van der Waals surface area contributed by atoms with Crippen molar-refractivity contribution in [2.24, 2.45) is 0 Å². The first-order valence-electron chi connectivity index (χ1n) is 8.72. The number of aromatic carboxylic acids is 1. The number of nitrogens with zero attached hydrogens (tertiary/aromatic N) is 2. The van der Waals surface area contributed by atoms with Crippen LogP contribution in [-0.2, 0) is 11.3 Å². The van der Waals surface area contributed by atoms with E-state index >= 15 is 0 Å². The number of para-hydroxylation sites is 1. The van der Waals surface area contributed by atoms with Crippen molar-refractivity contribution in [3.05, 3.63) is 64.7 Å². The molecule has 3 rings (SSSR count). The van der Waals surface area contributed by atoms with Crippen molar-refractivity contribution < 1.29 is 19.4 Å². The van der Waals surface area contributed by atoms with Gasteiger partial charge in [-0.05, 0) is 29.8 Å². The highest BCUT2D eigenvalue weighted by atomic mass is 35.5. The summed E-state index contributed by atoms with van der Waals surface area (Å²) in [5.74, 6) is -1.00. The summed E-state index contributed by atoms with van der Waals surface area (Å²) < 4.78 is 5.45. The third-order valence-corrected chi connectivity index (χ3v) is 4.77. The number of piperazine rings is 1. The monoisotopic (exact) mass is 388 g/mol. The summed E-state index contributed by atoms with van der Waals surface area (Å²) in [4.78, 5) is 27.6. The van der Waals surface area contributed by atoms with Crippen molar-refractivity contribution in [1.82, 2.24) is 9.80 Å². The van der Waals surface area contributed by atoms with Crippen LogP contribution < -0.4 is 4.74 Å². The number of hydrogen-bond acceptors (Lipinski definition) is 4. The number of carbonyl (C=O) groups is 2. The molecular formula is C20H21ClN2O4. The number of carboxylic acids is 1. The van der Waals surface area contributed by atoms with E-state index in [2.05, 4.69) is 4.90 Å². The molecule has 1 aliphatic heterocycles. The lowest BCUT2D eigenvalue weighted by Crippen LogP contribution is -2.49. The number of rotatable bonds is 6. The highest BCUT2D eigenvalue weighted by Crippen LogP contribution is 2.18. The number of carbonyl (C=O) groups excluding carboxylic acids is 1. The first kappa shape index (κ1) is 19.2. The zero-order valence-electron chi connectivity index (χ0n) is 14.8. The lowest BCUT2D eigenvalue weighted by Gasteiger charge is -2.34.